The summed E-state index contributed by atoms with van der Waals surface area (Å²) < 4.78 is 0. The molecule has 0 saturated heterocycles. The van der Waals surface area contributed by atoms with E-state index in [1.54, 1.807) is 9.80 Å². The van der Waals surface area contributed by atoms with Gasteiger partial charge in [0.1, 0.15) is 0 Å². The average Bonchev–Trinajstić information content (AvgIpc) is 3.83. The first-order chi connectivity index (χ1) is 17.8. The molecule has 1 heterocycles. The maximum atomic E-state index is 14.2. The molecule has 5 rings (SSSR count). The van der Waals surface area contributed by atoms with Gasteiger partial charge in [-0.2, -0.15) is 0 Å². The zero-order chi connectivity index (χ0) is 26.2. The lowest BCUT2D eigenvalue weighted by molar-refractivity contribution is -0.144. The number of anilines is 2. The zero-order valence-corrected chi connectivity index (χ0v) is 21.9. The molecule has 8 heteroatoms. The second-order valence-electron chi connectivity index (χ2n) is 11.6. The first-order valence-corrected chi connectivity index (χ1v) is 14.2. The number of ketones is 1. The smallest absolute Gasteiger partial charge is 0.264 e. The molecule has 1 aliphatic heterocycles. The van der Waals surface area contributed by atoms with Crippen molar-refractivity contribution in [2.45, 2.75) is 89.1 Å². The molecule has 4 aliphatic rings. The lowest BCUT2D eigenvalue weighted by Gasteiger charge is -2.33. The van der Waals surface area contributed by atoms with E-state index in [0.717, 1.165) is 51.4 Å². The van der Waals surface area contributed by atoms with Crippen LogP contribution in [0.15, 0.2) is 24.3 Å². The minimum atomic E-state index is -2.39. The average molecular weight is 509 g/mol. The van der Waals surface area contributed by atoms with Crippen LogP contribution in [0, 0.1) is 17.8 Å². The molecule has 3 amide bonds. The van der Waals surface area contributed by atoms with Gasteiger partial charge in [0.05, 0.1) is 17.4 Å². The maximum Gasteiger partial charge on any atom is 0.264 e. The van der Waals surface area contributed by atoms with Crippen molar-refractivity contribution in [3.8, 4) is 0 Å². The molecule has 1 aromatic carbocycles. The molecule has 1 aromatic rings. The van der Waals surface area contributed by atoms with Gasteiger partial charge >= 0.3 is 0 Å². The van der Waals surface area contributed by atoms with Crippen molar-refractivity contribution in [1.29, 1.82) is 0 Å². The number of nitrogens with zero attached hydrogens (tertiary/aromatic N) is 2. The number of nitrogens with one attached hydrogen (secondary N) is 1. The monoisotopic (exact) mass is 508 g/mol. The number of benzene rings is 1. The van der Waals surface area contributed by atoms with Crippen LogP contribution in [-0.2, 0) is 19.2 Å². The summed E-state index contributed by atoms with van der Waals surface area (Å²) in [5.74, 6) is -1.26. The number of para-hydroxylation sites is 2. The van der Waals surface area contributed by atoms with Crippen molar-refractivity contribution >= 4 is 34.9 Å². The van der Waals surface area contributed by atoms with Crippen LogP contribution in [0.25, 0.3) is 0 Å². The predicted molar refractivity (Wildman–Crippen MR) is 142 cm³/mol. The predicted octanol–water partition coefficient (Wildman–Crippen LogP) is 3.32. The van der Waals surface area contributed by atoms with Crippen molar-refractivity contribution < 1.29 is 19.2 Å². The fourth-order valence-electron chi connectivity index (χ4n) is 5.91. The van der Waals surface area contributed by atoms with Crippen LogP contribution in [0.1, 0.15) is 77.6 Å². The molecule has 3 aliphatic carbocycles. The molecule has 0 bridgehead atoms. The molecule has 0 unspecified atom stereocenters. The van der Waals surface area contributed by atoms with Crippen molar-refractivity contribution in [3.05, 3.63) is 24.3 Å². The highest BCUT2D eigenvalue weighted by molar-refractivity contribution is 6.37. The first-order valence-electron chi connectivity index (χ1n) is 14.2. The third-order valence-electron chi connectivity index (χ3n) is 8.47. The van der Waals surface area contributed by atoms with E-state index in [1.165, 1.54) is 0 Å². The van der Waals surface area contributed by atoms with Crippen LogP contribution in [0.4, 0.5) is 11.4 Å². The SMILES string of the molecule is CCC[C@H](NC(=O)CC1CCCC1)C(=O)C1(N)C(=O)N(CC2CC2)c2ccccc2N(CC2CC2)C1=O. The van der Waals surface area contributed by atoms with E-state index in [9.17, 15) is 19.2 Å². The molecule has 8 nitrogen and oxygen atoms in total. The highest BCUT2D eigenvalue weighted by atomic mass is 16.2. The first kappa shape index (κ1) is 25.9. The Kier molecular flexibility index (Phi) is 7.39. The number of nitrogens with two attached hydrogens (primary N) is 1. The normalized spacial score (nSPS) is 22.5. The second kappa shape index (κ2) is 10.6. The molecule has 3 N–H and O–H groups in total. The largest absolute Gasteiger partial charge is 0.346 e. The number of carbonyl (C=O) groups excluding carboxylic acids is 4. The van der Waals surface area contributed by atoms with Gasteiger partial charge in [-0.1, -0.05) is 38.3 Å². The van der Waals surface area contributed by atoms with Crippen LogP contribution < -0.4 is 20.9 Å². The zero-order valence-electron chi connectivity index (χ0n) is 21.9. The summed E-state index contributed by atoms with van der Waals surface area (Å²) in [6.07, 6.45) is 9.60. The van der Waals surface area contributed by atoms with Crippen LogP contribution in [0.3, 0.4) is 0 Å². The van der Waals surface area contributed by atoms with Gasteiger partial charge in [-0.3, -0.25) is 19.2 Å². The van der Waals surface area contributed by atoms with Crippen molar-refractivity contribution in [2.24, 2.45) is 23.5 Å². The Morgan fingerprint density at radius 3 is 1.89 bits per heavy atom. The van der Waals surface area contributed by atoms with E-state index >= 15 is 0 Å². The van der Waals surface area contributed by atoms with Gasteiger partial charge in [-0.15, -0.1) is 0 Å². The fourth-order valence-corrected chi connectivity index (χ4v) is 5.91. The minimum Gasteiger partial charge on any atom is -0.346 e. The molecule has 0 aromatic heterocycles. The summed E-state index contributed by atoms with van der Waals surface area (Å²) in [7, 11) is 0. The summed E-state index contributed by atoms with van der Waals surface area (Å²) in [6.45, 7) is 2.77. The fraction of sp³-hybridized carbons (Fsp3) is 0.655. The standard InChI is InChI=1S/C29H40N4O4/c1-2-7-22(31-25(34)16-19-8-3-4-9-19)26(35)29(30)27(36)32(17-20-12-13-20)23-10-5-6-11-24(23)33(28(29)37)18-21-14-15-21/h5-6,10-11,19-22H,2-4,7-9,12-18,30H2,1H3,(H,31,34)/t22-/m0/s1. The molecule has 0 spiro atoms. The lowest BCUT2D eigenvalue weighted by Crippen LogP contribution is -2.71. The Morgan fingerprint density at radius 1 is 0.919 bits per heavy atom. The van der Waals surface area contributed by atoms with Gasteiger partial charge in [-0.05, 0) is 74.8 Å². The van der Waals surface area contributed by atoms with Gasteiger partial charge < -0.3 is 20.9 Å². The van der Waals surface area contributed by atoms with Crippen LogP contribution in [0.2, 0.25) is 0 Å². The number of hydrogen-bond donors (Lipinski definition) is 2. The highest BCUT2D eigenvalue weighted by Gasteiger charge is 2.58. The van der Waals surface area contributed by atoms with Crippen LogP contribution >= 0.6 is 0 Å². The van der Waals surface area contributed by atoms with Crippen molar-refractivity contribution in [3.63, 3.8) is 0 Å². The molecule has 1 atom stereocenters. The van der Waals surface area contributed by atoms with Gasteiger partial charge in [0.15, 0.2) is 5.78 Å². The summed E-state index contributed by atoms with van der Waals surface area (Å²) in [5.41, 5.74) is 5.60. The summed E-state index contributed by atoms with van der Waals surface area (Å²) in [5, 5.41) is 2.88. The third-order valence-corrected chi connectivity index (χ3v) is 8.47. The second-order valence-corrected chi connectivity index (χ2v) is 11.6. The molecule has 0 radical (unpaired) electrons. The van der Waals surface area contributed by atoms with Crippen molar-refractivity contribution in [2.75, 3.05) is 22.9 Å². The maximum absolute atomic E-state index is 14.2. The summed E-state index contributed by atoms with van der Waals surface area (Å²) in [6, 6.07) is 6.39. The molecular formula is C29H40N4O4. The number of amides is 3. The number of carbonyl (C=O) groups is 4. The van der Waals surface area contributed by atoms with Gasteiger partial charge in [0.2, 0.25) is 11.4 Å². The lowest BCUT2D eigenvalue weighted by atomic mass is 9.85. The highest BCUT2D eigenvalue weighted by Crippen LogP contribution is 2.41. The van der Waals surface area contributed by atoms with Crippen LogP contribution in [-0.4, -0.2) is 48.2 Å². The number of fused-ring (bicyclic) bond motifs is 1. The minimum absolute atomic E-state index is 0.205. The Morgan fingerprint density at radius 2 is 1.43 bits per heavy atom. The molecule has 3 fully saturated rings. The van der Waals surface area contributed by atoms with E-state index < -0.39 is 29.2 Å². The Hall–Kier alpha value is -2.74. The van der Waals surface area contributed by atoms with E-state index in [0.29, 0.717) is 61.5 Å². The van der Waals surface area contributed by atoms with E-state index in [-0.39, 0.29) is 5.91 Å². The third kappa shape index (κ3) is 5.31. The Bertz CT molecular complexity index is 1000. The topological polar surface area (TPSA) is 113 Å². The van der Waals surface area contributed by atoms with E-state index in [4.69, 9.17) is 5.73 Å². The van der Waals surface area contributed by atoms with Gasteiger partial charge in [0, 0.05) is 19.5 Å². The van der Waals surface area contributed by atoms with Gasteiger partial charge in [-0.25, -0.2) is 0 Å². The van der Waals surface area contributed by atoms with E-state index in [1.807, 2.05) is 31.2 Å². The number of Topliss-reactive ketones (excluding diaryl/α,β-unsaturated/α-hetero) is 1. The molecular weight excluding hydrogens is 468 g/mol. The molecule has 37 heavy (non-hydrogen) atoms. The van der Waals surface area contributed by atoms with Crippen molar-refractivity contribution in [1.82, 2.24) is 5.32 Å². The summed E-state index contributed by atoms with van der Waals surface area (Å²) >= 11 is 0. The Labute approximate surface area is 219 Å². The van der Waals surface area contributed by atoms with Crippen LogP contribution in [0.5, 0.6) is 0 Å². The Balaban J connectivity index is 1.48. The number of hydrogen-bond acceptors (Lipinski definition) is 5. The molecule has 3 saturated carbocycles. The quantitative estimate of drug-likeness (QED) is 0.445. The molecule has 200 valence electrons. The van der Waals surface area contributed by atoms with E-state index in [2.05, 4.69) is 5.32 Å². The van der Waals surface area contributed by atoms with Gasteiger partial charge in [0.25, 0.3) is 11.8 Å². The summed E-state index contributed by atoms with van der Waals surface area (Å²) in [4.78, 5) is 58.6. The number of rotatable bonds is 11.